The Balaban J connectivity index is 2.10. The molecular weight excluding hydrogens is 351 g/mol. The summed E-state index contributed by atoms with van der Waals surface area (Å²) in [6.07, 6.45) is 0. The molecule has 4 nitrogen and oxygen atoms in total. The van der Waals surface area contributed by atoms with Crippen molar-refractivity contribution in [2.75, 3.05) is 0 Å². The molecule has 0 aliphatic rings. The number of benzene rings is 2. The Morgan fingerprint density at radius 2 is 1.81 bits per heavy atom. The largest absolute Gasteiger partial charge is 0.335 e. The third kappa shape index (κ3) is 2.34. The van der Waals surface area contributed by atoms with Gasteiger partial charge in [0.1, 0.15) is 5.82 Å². The first-order valence-corrected chi connectivity index (χ1v) is 8.98. The zero-order valence-electron chi connectivity index (χ0n) is 14.2. The van der Waals surface area contributed by atoms with Crippen LogP contribution in [0.1, 0.15) is 5.56 Å². The molecule has 130 valence electrons. The minimum atomic E-state index is -0.588. The second kappa shape index (κ2) is 6.07. The smallest absolute Gasteiger partial charge is 0.293 e. The lowest BCUT2D eigenvalue weighted by molar-refractivity contribution is 0.624. The molecule has 2 aromatic carbocycles. The number of fused-ring (bicyclic) bond motifs is 1. The highest BCUT2D eigenvalue weighted by Gasteiger charge is 2.17. The summed E-state index contributed by atoms with van der Waals surface area (Å²) in [5.41, 5.74) is 2.24. The molecule has 0 aliphatic carbocycles. The Morgan fingerprint density at radius 1 is 1.04 bits per heavy atom. The van der Waals surface area contributed by atoms with E-state index in [1.54, 1.807) is 17.4 Å². The Bertz CT molecular complexity index is 1250. The fraction of sp³-hybridized carbons (Fsp3) is 0.100. The lowest BCUT2D eigenvalue weighted by Crippen LogP contribution is -2.38. The number of aryl methyl sites for hydroxylation is 1. The van der Waals surface area contributed by atoms with Gasteiger partial charge >= 0.3 is 5.69 Å². The van der Waals surface area contributed by atoms with E-state index in [9.17, 15) is 14.0 Å². The third-order valence-corrected chi connectivity index (χ3v) is 5.30. The third-order valence-electron chi connectivity index (χ3n) is 4.61. The quantitative estimate of drug-likeness (QED) is 0.541. The highest BCUT2D eigenvalue weighted by molar-refractivity contribution is 7.08. The molecular formula is C20H15FN2O2S. The fourth-order valence-electron chi connectivity index (χ4n) is 3.29. The Labute approximate surface area is 152 Å². The van der Waals surface area contributed by atoms with Crippen molar-refractivity contribution in [3.8, 4) is 16.8 Å². The van der Waals surface area contributed by atoms with E-state index in [1.807, 2.05) is 35.9 Å². The van der Waals surface area contributed by atoms with Crippen LogP contribution < -0.4 is 11.2 Å². The van der Waals surface area contributed by atoms with Gasteiger partial charge in [-0.25, -0.2) is 13.8 Å². The molecule has 0 spiro atoms. The number of hydrogen-bond donors (Lipinski definition) is 0. The Morgan fingerprint density at radius 3 is 2.54 bits per heavy atom. The molecule has 0 radical (unpaired) electrons. The van der Waals surface area contributed by atoms with E-state index in [1.165, 1.54) is 29.8 Å². The highest BCUT2D eigenvalue weighted by atomic mass is 32.1. The van der Waals surface area contributed by atoms with Crippen molar-refractivity contribution < 1.29 is 4.39 Å². The summed E-state index contributed by atoms with van der Waals surface area (Å²) in [6, 6.07) is 11.8. The van der Waals surface area contributed by atoms with Crippen LogP contribution in [0.3, 0.4) is 0 Å². The van der Waals surface area contributed by atoms with Crippen molar-refractivity contribution in [2.45, 2.75) is 6.92 Å². The predicted molar refractivity (Wildman–Crippen MR) is 103 cm³/mol. The number of hydrogen-bond acceptors (Lipinski definition) is 3. The van der Waals surface area contributed by atoms with Gasteiger partial charge in [-0.2, -0.15) is 11.3 Å². The lowest BCUT2D eigenvalue weighted by atomic mass is 10.0. The van der Waals surface area contributed by atoms with Crippen LogP contribution in [0.5, 0.6) is 0 Å². The maximum Gasteiger partial charge on any atom is 0.335 e. The van der Waals surface area contributed by atoms with Crippen molar-refractivity contribution in [2.24, 2.45) is 7.05 Å². The van der Waals surface area contributed by atoms with Crippen molar-refractivity contribution >= 4 is 22.2 Å². The molecule has 0 aliphatic heterocycles. The van der Waals surface area contributed by atoms with Gasteiger partial charge in [0.05, 0.1) is 16.6 Å². The number of halogens is 1. The number of rotatable bonds is 2. The van der Waals surface area contributed by atoms with Crippen LogP contribution in [0.2, 0.25) is 0 Å². The molecule has 4 aromatic rings. The highest BCUT2D eigenvalue weighted by Crippen LogP contribution is 2.28. The average Bonchev–Trinajstić information content (AvgIpc) is 3.15. The van der Waals surface area contributed by atoms with Crippen LogP contribution >= 0.6 is 11.3 Å². The zero-order chi connectivity index (χ0) is 18.4. The van der Waals surface area contributed by atoms with E-state index in [4.69, 9.17) is 0 Å². The first-order chi connectivity index (χ1) is 12.5. The van der Waals surface area contributed by atoms with Gasteiger partial charge in [0.25, 0.3) is 5.56 Å². The minimum absolute atomic E-state index is 0.0189. The van der Waals surface area contributed by atoms with Gasteiger partial charge < -0.3 is 0 Å². The summed E-state index contributed by atoms with van der Waals surface area (Å²) >= 11 is 1.58. The normalized spacial score (nSPS) is 11.2. The number of nitrogens with zero attached hydrogens (tertiary/aromatic N) is 2. The zero-order valence-corrected chi connectivity index (χ0v) is 15.0. The summed E-state index contributed by atoms with van der Waals surface area (Å²) in [4.78, 5) is 25.9. The monoisotopic (exact) mass is 366 g/mol. The molecule has 0 atom stereocenters. The van der Waals surface area contributed by atoms with Gasteiger partial charge in [-0.3, -0.25) is 9.36 Å². The van der Waals surface area contributed by atoms with Gasteiger partial charge in [0.2, 0.25) is 0 Å². The molecule has 0 N–H and O–H groups in total. The average molecular weight is 366 g/mol. The number of para-hydroxylation sites is 1. The first kappa shape index (κ1) is 16.5. The number of thiophene rings is 1. The van der Waals surface area contributed by atoms with Crippen LogP contribution in [-0.4, -0.2) is 9.13 Å². The molecule has 26 heavy (non-hydrogen) atoms. The fourth-order valence-corrected chi connectivity index (χ4v) is 3.95. The summed E-state index contributed by atoms with van der Waals surface area (Å²) in [5, 5.41) is 4.17. The van der Waals surface area contributed by atoms with Gasteiger partial charge in [0.15, 0.2) is 0 Å². The van der Waals surface area contributed by atoms with Crippen LogP contribution in [0, 0.1) is 12.7 Å². The Kier molecular flexibility index (Phi) is 3.85. The van der Waals surface area contributed by atoms with Crippen molar-refractivity contribution in [1.29, 1.82) is 0 Å². The minimum Gasteiger partial charge on any atom is -0.293 e. The second-order valence-electron chi connectivity index (χ2n) is 6.08. The topological polar surface area (TPSA) is 44.0 Å². The van der Waals surface area contributed by atoms with E-state index >= 15 is 0 Å². The molecule has 4 rings (SSSR count). The van der Waals surface area contributed by atoms with E-state index in [0.29, 0.717) is 5.69 Å². The van der Waals surface area contributed by atoms with Crippen molar-refractivity contribution in [3.63, 3.8) is 0 Å². The van der Waals surface area contributed by atoms with E-state index in [2.05, 4.69) is 0 Å². The maximum absolute atomic E-state index is 14.2. The molecule has 2 aromatic heterocycles. The molecule has 0 bridgehead atoms. The van der Waals surface area contributed by atoms with Gasteiger partial charge in [-0.15, -0.1) is 0 Å². The second-order valence-corrected chi connectivity index (χ2v) is 6.86. The van der Waals surface area contributed by atoms with Gasteiger partial charge in [-0.05, 0) is 58.6 Å². The molecule has 2 heterocycles. The van der Waals surface area contributed by atoms with Crippen LogP contribution in [-0.2, 0) is 7.05 Å². The number of aromatic nitrogens is 2. The molecule has 0 unspecified atom stereocenters. The molecule has 0 saturated carbocycles. The van der Waals surface area contributed by atoms with E-state index in [-0.39, 0.29) is 10.9 Å². The van der Waals surface area contributed by atoms with E-state index < -0.39 is 17.1 Å². The van der Waals surface area contributed by atoms with Gasteiger partial charge in [-0.1, -0.05) is 18.2 Å². The first-order valence-electron chi connectivity index (χ1n) is 8.03. The standard InChI is InChI=1S/C20H15FN2O2S/c1-12-14(13-9-10-26-11-13)5-4-8-17(12)23-19(24)15-6-3-7-16(21)18(15)22(2)20(23)25/h3-11H,1-2H3. The summed E-state index contributed by atoms with van der Waals surface area (Å²) < 4.78 is 16.5. The summed E-state index contributed by atoms with van der Waals surface area (Å²) in [6.45, 7) is 1.88. The lowest BCUT2D eigenvalue weighted by Gasteiger charge is -2.15. The van der Waals surface area contributed by atoms with Crippen LogP contribution in [0.25, 0.3) is 27.7 Å². The molecule has 0 saturated heterocycles. The predicted octanol–water partition coefficient (Wildman–Crippen LogP) is 3.87. The maximum atomic E-state index is 14.2. The summed E-state index contributed by atoms with van der Waals surface area (Å²) in [5.74, 6) is -0.588. The van der Waals surface area contributed by atoms with E-state index in [0.717, 1.165) is 21.3 Å². The Hall–Kier alpha value is -2.99. The molecule has 0 fully saturated rings. The van der Waals surface area contributed by atoms with Crippen LogP contribution in [0.4, 0.5) is 4.39 Å². The van der Waals surface area contributed by atoms with Gasteiger partial charge in [0, 0.05) is 7.05 Å². The summed E-state index contributed by atoms with van der Waals surface area (Å²) in [7, 11) is 1.47. The SMILES string of the molecule is Cc1c(-c2ccsc2)cccc1-n1c(=O)c2cccc(F)c2n(C)c1=O. The molecule has 0 amide bonds. The van der Waals surface area contributed by atoms with Crippen molar-refractivity contribution in [1.82, 2.24) is 9.13 Å². The van der Waals surface area contributed by atoms with Crippen LogP contribution in [0.15, 0.2) is 62.8 Å². The molecule has 6 heteroatoms. The van der Waals surface area contributed by atoms with Crippen molar-refractivity contribution in [3.05, 3.63) is 85.4 Å².